The number of aryl methyl sites for hydroxylation is 2. The maximum atomic E-state index is 11.8. The average Bonchev–Trinajstić information content (AvgIpc) is 3.23. The highest BCUT2D eigenvalue weighted by atomic mass is 16.6. The number of H-pyrrole nitrogens is 1. The summed E-state index contributed by atoms with van der Waals surface area (Å²) in [6, 6.07) is 25.2. The fourth-order valence-corrected chi connectivity index (χ4v) is 3.93. The molecule has 6 rings (SSSR count). The van der Waals surface area contributed by atoms with Gasteiger partial charge in [0.2, 0.25) is 5.56 Å². The molecule has 0 saturated carbocycles. The lowest BCUT2D eigenvalue weighted by Gasteiger charge is -2.17. The Balaban J connectivity index is 1.21. The summed E-state index contributed by atoms with van der Waals surface area (Å²) >= 11 is 0. The standard InChI is InChI=1S/C25H18N4O3/c30-22-13-12-18-4-3-5-19(23(18)26-22)17-10-8-16(9-11-17)14-15-29-25-24(27-28-29)31-20-6-1-2-7-21(20)32-25/h1-13H,14-15H2,(H,26,30). The number of hydrogen-bond donors (Lipinski definition) is 1. The molecule has 0 aliphatic carbocycles. The number of ether oxygens (including phenoxy) is 2. The van der Waals surface area contributed by atoms with Crippen molar-refractivity contribution in [3.8, 4) is 34.4 Å². The fourth-order valence-electron chi connectivity index (χ4n) is 3.93. The lowest BCUT2D eigenvalue weighted by atomic mass is 10.00. The largest absolute Gasteiger partial charge is 0.431 e. The molecule has 0 saturated heterocycles. The molecule has 3 heterocycles. The third kappa shape index (κ3) is 3.20. The van der Waals surface area contributed by atoms with Crippen LogP contribution in [0.5, 0.6) is 23.3 Å². The maximum absolute atomic E-state index is 11.8. The minimum atomic E-state index is -0.105. The Kier molecular flexibility index (Phi) is 4.24. The minimum absolute atomic E-state index is 0.105. The van der Waals surface area contributed by atoms with E-state index in [1.807, 2.05) is 48.5 Å². The smallest absolute Gasteiger partial charge is 0.304 e. The highest BCUT2D eigenvalue weighted by Crippen LogP contribution is 2.43. The van der Waals surface area contributed by atoms with E-state index in [9.17, 15) is 4.79 Å². The van der Waals surface area contributed by atoms with Crippen molar-refractivity contribution >= 4 is 10.9 Å². The molecule has 0 fully saturated rings. The highest BCUT2D eigenvalue weighted by Gasteiger charge is 2.24. The van der Waals surface area contributed by atoms with Crippen LogP contribution >= 0.6 is 0 Å². The van der Waals surface area contributed by atoms with Gasteiger partial charge in [-0.15, -0.1) is 0 Å². The van der Waals surface area contributed by atoms with Gasteiger partial charge in [0.1, 0.15) is 0 Å². The topological polar surface area (TPSA) is 82.0 Å². The number of aromatic amines is 1. The predicted molar refractivity (Wildman–Crippen MR) is 120 cm³/mol. The average molecular weight is 422 g/mol. The first-order chi connectivity index (χ1) is 15.7. The van der Waals surface area contributed by atoms with E-state index in [1.165, 1.54) is 0 Å². The van der Waals surface area contributed by atoms with Crippen molar-refractivity contribution in [1.29, 1.82) is 0 Å². The van der Waals surface area contributed by atoms with Gasteiger partial charge in [0.25, 0.3) is 5.88 Å². The van der Waals surface area contributed by atoms with Crippen LogP contribution in [0.4, 0.5) is 0 Å². The summed E-state index contributed by atoms with van der Waals surface area (Å²) in [5.41, 5.74) is 3.95. The van der Waals surface area contributed by atoms with Gasteiger partial charge in [-0.1, -0.05) is 64.9 Å². The normalized spacial score (nSPS) is 12.0. The Morgan fingerprint density at radius 3 is 2.50 bits per heavy atom. The Labute approximate surface area is 182 Å². The van der Waals surface area contributed by atoms with Crippen LogP contribution in [-0.4, -0.2) is 20.0 Å². The maximum Gasteiger partial charge on any atom is 0.304 e. The monoisotopic (exact) mass is 422 g/mol. The molecule has 0 radical (unpaired) electrons. The van der Waals surface area contributed by atoms with Gasteiger partial charge in [-0.3, -0.25) is 4.79 Å². The molecule has 7 heteroatoms. The molecule has 0 spiro atoms. The van der Waals surface area contributed by atoms with Crippen molar-refractivity contribution in [2.75, 3.05) is 0 Å². The van der Waals surface area contributed by atoms with Crippen LogP contribution < -0.4 is 15.0 Å². The van der Waals surface area contributed by atoms with E-state index in [4.69, 9.17) is 9.47 Å². The number of rotatable bonds is 4. The number of nitrogens with zero attached hydrogens (tertiary/aromatic N) is 3. The second-order valence-electron chi connectivity index (χ2n) is 7.61. The molecule has 2 aromatic heterocycles. The number of para-hydroxylation sites is 3. The molecule has 0 unspecified atom stereocenters. The summed E-state index contributed by atoms with van der Waals surface area (Å²) < 4.78 is 13.4. The van der Waals surface area contributed by atoms with Crippen molar-refractivity contribution < 1.29 is 9.47 Å². The predicted octanol–water partition coefficient (Wildman–Crippen LogP) is 4.93. The van der Waals surface area contributed by atoms with Crippen molar-refractivity contribution in [1.82, 2.24) is 20.0 Å². The first-order valence-electron chi connectivity index (χ1n) is 10.3. The molecule has 1 aliphatic heterocycles. The van der Waals surface area contributed by atoms with Crippen LogP contribution in [0.2, 0.25) is 0 Å². The molecule has 156 valence electrons. The molecule has 32 heavy (non-hydrogen) atoms. The minimum Gasteiger partial charge on any atom is -0.431 e. The second-order valence-corrected chi connectivity index (χ2v) is 7.61. The molecule has 1 N–H and O–H groups in total. The van der Waals surface area contributed by atoms with Crippen LogP contribution in [0.25, 0.3) is 22.0 Å². The van der Waals surface area contributed by atoms with E-state index < -0.39 is 0 Å². The number of aromatic nitrogens is 4. The molecule has 0 bridgehead atoms. The Bertz CT molecular complexity index is 1500. The molecule has 3 aromatic carbocycles. The van der Waals surface area contributed by atoms with Crippen molar-refractivity contribution in [3.05, 3.63) is 94.8 Å². The zero-order valence-electron chi connectivity index (χ0n) is 17.0. The number of pyridine rings is 1. The van der Waals surface area contributed by atoms with Gasteiger partial charge in [0.05, 0.1) is 12.1 Å². The Hall–Kier alpha value is -4.39. The lowest BCUT2D eigenvalue weighted by molar-refractivity contribution is 0.329. The molecule has 0 atom stereocenters. The van der Waals surface area contributed by atoms with Crippen LogP contribution in [-0.2, 0) is 13.0 Å². The summed E-state index contributed by atoms with van der Waals surface area (Å²) in [5, 5.41) is 9.29. The van der Waals surface area contributed by atoms with Gasteiger partial charge in [0, 0.05) is 11.6 Å². The van der Waals surface area contributed by atoms with Crippen molar-refractivity contribution in [3.63, 3.8) is 0 Å². The molecular weight excluding hydrogens is 404 g/mol. The number of nitrogens with one attached hydrogen (secondary N) is 1. The summed E-state index contributed by atoms with van der Waals surface area (Å²) in [7, 11) is 0. The van der Waals surface area contributed by atoms with Gasteiger partial charge in [-0.25, -0.2) is 4.68 Å². The van der Waals surface area contributed by atoms with E-state index in [0.29, 0.717) is 29.8 Å². The van der Waals surface area contributed by atoms with E-state index in [1.54, 1.807) is 10.7 Å². The van der Waals surface area contributed by atoms with Crippen LogP contribution in [0, 0.1) is 0 Å². The number of benzene rings is 3. The quantitative estimate of drug-likeness (QED) is 0.436. The van der Waals surface area contributed by atoms with Crippen molar-refractivity contribution in [2.24, 2.45) is 0 Å². The molecule has 5 aromatic rings. The third-order valence-corrected chi connectivity index (χ3v) is 5.56. The van der Waals surface area contributed by atoms with Gasteiger partial charge in [0.15, 0.2) is 11.5 Å². The fraction of sp³-hybridized carbons (Fsp3) is 0.0800. The van der Waals surface area contributed by atoms with Crippen LogP contribution in [0.1, 0.15) is 5.56 Å². The van der Waals surface area contributed by atoms with E-state index in [0.717, 1.165) is 34.0 Å². The van der Waals surface area contributed by atoms with Gasteiger partial charge < -0.3 is 14.5 Å². The zero-order chi connectivity index (χ0) is 21.5. The number of fused-ring (bicyclic) bond motifs is 3. The Morgan fingerprint density at radius 2 is 1.66 bits per heavy atom. The van der Waals surface area contributed by atoms with E-state index in [-0.39, 0.29) is 5.56 Å². The molecule has 0 amide bonds. The summed E-state index contributed by atoms with van der Waals surface area (Å²) in [4.78, 5) is 14.8. The lowest BCUT2D eigenvalue weighted by Crippen LogP contribution is -2.07. The zero-order valence-corrected chi connectivity index (χ0v) is 17.0. The van der Waals surface area contributed by atoms with E-state index in [2.05, 4.69) is 39.6 Å². The highest BCUT2D eigenvalue weighted by molar-refractivity contribution is 5.93. The second kappa shape index (κ2) is 7.39. The molecular formula is C25H18N4O3. The molecule has 1 aliphatic rings. The molecule has 7 nitrogen and oxygen atoms in total. The van der Waals surface area contributed by atoms with Crippen LogP contribution in [0.3, 0.4) is 0 Å². The van der Waals surface area contributed by atoms with Crippen LogP contribution in [0.15, 0.2) is 83.7 Å². The third-order valence-electron chi connectivity index (χ3n) is 5.56. The Morgan fingerprint density at radius 1 is 0.844 bits per heavy atom. The summed E-state index contributed by atoms with van der Waals surface area (Å²) in [5.74, 6) is 2.18. The first-order valence-corrected chi connectivity index (χ1v) is 10.3. The van der Waals surface area contributed by atoms with Gasteiger partial charge in [-0.05, 0) is 41.1 Å². The SMILES string of the molecule is O=c1ccc2cccc(-c3ccc(CCn4nnc5c4Oc4ccccc4O5)cc3)c2[nH]1. The summed E-state index contributed by atoms with van der Waals surface area (Å²) in [6.45, 7) is 0.606. The van der Waals surface area contributed by atoms with Crippen molar-refractivity contribution in [2.45, 2.75) is 13.0 Å². The van der Waals surface area contributed by atoms with Gasteiger partial charge >= 0.3 is 5.88 Å². The van der Waals surface area contributed by atoms with Gasteiger partial charge in [-0.2, -0.15) is 0 Å². The first kappa shape index (κ1) is 18.4. The summed E-state index contributed by atoms with van der Waals surface area (Å²) in [6.07, 6.45) is 0.757. The van der Waals surface area contributed by atoms with E-state index >= 15 is 0 Å². The number of hydrogen-bond acceptors (Lipinski definition) is 5.